The van der Waals surface area contributed by atoms with Crippen molar-refractivity contribution in [3.63, 3.8) is 0 Å². The van der Waals surface area contributed by atoms with Gasteiger partial charge in [-0.2, -0.15) is 0 Å². The third-order valence-corrected chi connectivity index (χ3v) is 5.55. The fraction of sp³-hybridized carbons (Fsp3) is 0.259. The number of amides is 2. The van der Waals surface area contributed by atoms with Crippen LogP contribution in [0.25, 0.3) is 0 Å². The van der Waals surface area contributed by atoms with Gasteiger partial charge in [0.1, 0.15) is 6.04 Å². The van der Waals surface area contributed by atoms with Crippen LogP contribution in [0.3, 0.4) is 0 Å². The van der Waals surface area contributed by atoms with E-state index in [-0.39, 0.29) is 24.5 Å². The summed E-state index contributed by atoms with van der Waals surface area (Å²) in [6, 6.07) is 24.0. The van der Waals surface area contributed by atoms with E-state index in [1.165, 1.54) is 0 Å². The normalized spacial score (nSPS) is 12.9. The number of carbonyl (C=O) groups excluding carboxylic acids is 2. The maximum atomic E-state index is 13.5. The van der Waals surface area contributed by atoms with E-state index in [1.807, 2.05) is 92.7 Å². The average molecular weight is 445 g/mol. The Labute approximate surface area is 194 Å². The summed E-state index contributed by atoms with van der Waals surface area (Å²) in [5.41, 5.74) is 2.63. The minimum atomic E-state index is -0.754. The van der Waals surface area contributed by atoms with Crippen molar-refractivity contribution in [1.82, 2.24) is 10.2 Å². The quantitative estimate of drug-likeness (QED) is 0.557. The number of hydrogen-bond acceptors (Lipinski definition) is 4. The fourth-order valence-corrected chi connectivity index (χ4v) is 3.85. The number of nitrogens with zero attached hydrogens (tertiary/aromatic N) is 1. The first kappa shape index (κ1) is 22.4. The Balaban J connectivity index is 1.61. The van der Waals surface area contributed by atoms with E-state index < -0.39 is 6.04 Å². The van der Waals surface area contributed by atoms with Crippen molar-refractivity contribution >= 4 is 11.8 Å². The molecule has 0 spiro atoms. The van der Waals surface area contributed by atoms with Gasteiger partial charge in [-0.15, -0.1) is 0 Å². The smallest absolute Gasteiger partial charge is 0.247 e. The molecule has 0 saturated heterocycles. The van der Waals surface area contributed by atoms with Crippen molar-refractivity contribution in [2.24, 2.45) is 5.92 Å². The van der Waals surface area contributed by atoms with Gasteiger partial charge in [0.05, 0.1) is 0 Å². The molecule has 6 heteroatoms. The molecule has 0 radical (unpaired) electrons. The second kappa shape index (κ2) is 10.2. The van der Waals surface area contributed by atoms with E-state index in [2.05, 4.69) is 5.32 Å². The fourth-order valence-electron chi connectivity index (χ4n) is 3.85. The first-order chi connectivity index (χ1) is 16.0. The summed E-state index contributed by atoms with van der Waals surface area (Å²) in [5.74, 6) is 0.808. The highest BCUT2D eigenvalue weighted by Crippen LogP contribution is 2.32. The molecule has 1 N–H and O–H groups in total. The first-order valence-corrected chi connectivity index (χ1v) is 11.1. The minimum Gasteiger partial charge on any atom is -0.454 e. The Bertz CT molecular complexity index is 1100. The predicted molar refractivity (Wildman–Crippen MR) is 125 cm³/mol. The lowest BCUT2D eigenvalue weighted by Gasteiger charge is -2.33. The number of ether oxygens (including phenoxy) is 2. The molecule has 3 aromatic carbocycles. The van der Waals surface area contributed by atoms with Crippen molar-refractivity contribution < 1.29 is 19.1 Å². The maximum absolute atomic E-state index is 13.5. The molecule has 0 aliphatic carbocycles. The molecule has 0 saturated carbocycles. The summed E-state index contributed by atoms with van der Waals surface area (Å²) in [6.45, 7) is 4.56. The van der Waals surface area contributed by atoms with Crippen molar-refractivity contribution in [2.75, 3.05) is 6.79 Å². The maximum Gasteiger partial charge on any atom is 0.247 e. The van der Waals surface area contributed by atoms with Gasteiger partial charge in [0.25, 0.3) is 0 Å². The van der Waals surface area contributed by atoms with Gasteiger partial charge in [-0.25, -0.2) is 0 Å². The second-order valence-electron chi connectivity index (χ2n) is 8.33. The van der Waals surface area contributed by atoms with Crippen LogP contribution in [0, 0.1) is 5.92 Å². The number of rotatable bonds is 8. The first-order valence-electron chi connectivity index (χ1n) is 11.1. The van der Waals surface area contributed by atoms with Crippen LogP contribution in [-0.4, -0.2) is 23.5 Å². The van der Waals surface area contributed by atoms with Crippen molar-refractivity contribution in [2.45, 2.75) is 33.0 Å². The summed E-state index contributed by atoms with van der Waals surface area (Å²) in [5, 5.41) is 3.02. The zero-order valence-corrected chi connectivity index (χ0v) is 18.9. The van der Waals surface area contributed by atoms with Crippen LogP contribution in [0.2, 0.25) is 0 Å². The lowest BCUT2D eigenvalue weighted by Crippen LogP contribution is -2.44. The van der Waals surface area contributed by atoms with E-state index in [4.69, 9.17) is 9.47 Å². The summed E-state index contributed by atoms with van der Waals surface area (Å²) in [6.07, 6.45) is 0. The topological polar surface area (TPSA) is 67.9 Å². The Kier molecular flexibility index (Phi) is 6.93. The molecule has 0 unspecified atom stereocenters. The molecule has 1 aliphatic rings. The predicted octanol–water partition coefficient (Wildman–Crippen LogP) is 4.46. The summed E-state index contributed by atoms with van der Waals surface area (Å²) in [4.78, 5) is 28.5. The zero-order valence-electron chi connectivity index (χ0n) is 18.9. The van der Waals surface area contributed by atoms with Crippen molar-refractivity contribution in [1.29, 1.82) is 0 Å². The van der Waals surface area contributed by atoms with E-state index in [0.29, 0.717) is 24.6 Å². The zero-order chi connectivity index (χ0) is 23.2. The highest BCUT2D eigenvalue weighted by molar-refractivity contribution is 5.89. The SMILES string of the molecule is CC(C)C(=O)N(Cc1ccccc1)[C@@H](C(=O)NCc1ccc2c(c1)OCO2)c1ccccc1. The average Bonchev–Trinajstić information content (AvgIpc) is 3.31. The lowest BCUT2D eigenvalue weighted by molar-refractivity contribution is -0.144. The van der Waals surface area contributed by atoms with E-state index >= 15 is 0 Å². The van der Waals surface area contributed by atoms with Gasteiger partial charge in [0.2, 0.25) is 18.6 Å². The Morgan fingerprint density at radius 2 is 1.55 bits per heavy atom. The molecule has 1 aliphatic heterocycles. The molecule has 0 bridgehead atoms. The van der Waals surface area contributed by atoms with Crippen LogP contribution >= 0.6 is 0 Å². The number of nitrogens with one attached hydrogen (secondary N) is 1. The Morgan fingerprint density at radius 1 is 0.879 bits per heavy atom. The molecule has 170 valence electrons. The van der Waals surface area contributed by atoms with Gasteiger partial charge in [0, 0.05) is 19.0 Å². The number of benzene rings is 3. The van der Waals surface area contributed by atoms with Crippen LogP contribution in [-0.2, 0) is 22.7 Å². The monoisotopic (exact) mass is 444 g/mol. The second-order valence-corrected chi connectivity index (χ2v) is 8.33. The van der Waals surface area contributed by atoms with E-state index in [1.54, 1.807) is 4.90 Å². The minimum absolute atomic E-state index is 0.0778. The summed E-state index contributed by atoms with van der Waals surface area (Å²) >= 11 is 0. The molecule has 0 aromatic heterocycles. The highest BCUT2D eigenvalue weighted by Gasteiger charge is 2.32. The van der Waals surface area contributed by atoms with Crippen molar-refractivity contribution in [3.05, 3.63) is 95.6 Å². The van der Waals surface area contributed by atoms with Gasteiger partial charge >= 0.3 is 0 Å². The van der Waals surface area contributed by atoms with Crippen LogP contribution < -0.4 is 14.8 Å². The van der Waals surface area contributed by atoms with Crippen molar-refractivity contribution in [3.8, 4) is 11.5 Å². The molecular weight excluding hydrogens is 416 g/mol. The lowest BCUT2D eigenvalue weighted by atomic mass is 10.0. The standard InChI is InChI=1S/C27H28N2O4/c1-19(2)27(31)29(17-20-9-5-3-6-10-20)25(22-11-7-4-8-12-22)26(30)28-16-21-13-14-23-24(15-21)33-18-32-23/h3-15,19,25H,16-18H2,1-2H3,(H,28,30)/t25-/m1/s1. The molecule has 6 nitrogen and oxygen atoms in total. The van der Waals surface area contributed by atoms with Gasteiger partial charge < -0.3 is 19.7 Å². The van der Waals surface area contributed by atoms with Gasteiger partial charge in [0.15, 0.2) is 11.5 Å². The van der Waals surface area contributed by atoms with Crippen LogP contribution in [0.15, 0.2) is 78.9 Å². The summed E-state index contributed by atoms with van der Waals surface area (Å²) in [7, 11) is 0. The number of hydrogen-bond donors (Lipinski definition) is 1. The number of carbonyl (C=O) groups is 2. The molecule has 3 aromatic rings. The van der Waals surface area contributed by atoms with Gasteiger partial charge in [-0.3, -0.25) is 9.59 Å². The Hall–Kier alpha value is -3.80. The Morgan fingerprint density at radius 3 is 2.24 bits per heavy atom. The largest absolute Gasteiger partial charge is 0.454 e. The van der Waals surface area contributed by atoms with Gasteiger partial charge in [-0.05, 0) is 28.8 Å². The third-order valence-electron chi connectivity index (χ3n) is 5.55. The molecule has 1 atom stereocenters. The molecule has 0 fully saturated rings. The van der Waals surface area contributed by atoms with Gasteiger partial charge in [-0.1, -0.05) is 80.6 Å². The molecule has 1 heterocycles. The van der Waals surface area contributed by atoms with E-state index in [9.17, 15) is 9.59 Å². The molecular formula is C27H28N2O4. The number of fused-ring (bicyclic) bond motifs is 1. The highest BCUT2D eigenvalue weighted by atomic mass is 16.7. The van der Waals surface area contributed by atoms with E-state index in [0.717, 1.165) is 16.7 Å². The molecule has 2 amide bonds. The van der Waals surface area contributed by atoms with Crippen LogP contribution in [0.1, 0.15) is 36.6 Å². The van der Waals surface area contributed by atoms with Crippen LogP contribution in [0.5, 0.6) is 11.5 Å². The third kappa shape index (κ3) is 5.34. The summed E-state index contributed by atoms with van der Waals surface area (Å²) < 4.78 is 10.8. The molecule has 33 heavy (non-hydrogen) atoms. The molecule has 4 rings (SSSR count). The van der Waals surface area contributed by atoms with Crippen LogP contribution in [0.4, 0.5) is 0 Å².